The van der Waals surface area contributed by atoms with Crippen molar-refractivity contribution in [2.45, 2.75) is 39.0 Å². The summed E-state index contributed by atoms with van der Waals surface area (Å²) in [7, 11) is 1.75. The van der Waals surface area contributed by atoms with Crippen molar-refractivity contribution in [2.75, 3.05) is 18.7 Å². The smallest absolute Gasteiger partial charge is 0.411 e. The molecule has 0 N–H and O–H groups in total. The maximum Gasteiger partial charge on any atom is 0.411 e. The second-order valence-electron chi connectivity index (χ2n) is 6.52. The van der Waals surface area contributed by atoms with Gasteiger partial charge in [0.15, 0.2) is 0 Å². The number of hydrogen-bond acceptors (Lipinski definition) is 5. The average Bonchev–Trinajstić information content (AvgIpc) is 2.95. The van der Waals surface area contributed by atoms with Crippen molar-refractivity contribution in [3.63, 3.8) is 0 Å². The lowest BCUT2D eigenvalue weighted by Crippen LogP contribution is -2.49. The van der Waals surface area contributed by atoms with Gasteiger partial charge in [-0.05, 0) is 38.5 Å². The molecule has 1 fully saturated rings. The monoisotopic (exact) mass is 337 g/mol. The normalized spacial score (nSPS) is 17.9. The average molecular weight is 337 g/mol. The molecule has 1 atom stereocenters. The second-order valence-corrected chi connectivity index (χ2v) is 7.52. The van der Waals surface area contributed by atoms with Crippen LogP contribution in [0, 0.1) is 0 Å². The number of pyridine rings is 1. The first kappa shape index (κ1) is 17.6. The molecule has 2 amide bonds. The molecule has 2 heterocycles. The lowest BCUT2D eigenvalue weighted by molar-refractivity contribution is -0.134. The Balaban J connectivity index is 2.01. The summed E-state index contributed by atoms with van der Waals surface area (Å²) in [5.41, 5.74) is 0.436. The highest BCUT2D eigenvalue weighted by Crippen LogP contribution is 2.25. The SMILES string of the molecule is CN(Cc1ccncc1)C(=O)[C@H]1CSCN1C(=O)OC(C)(C)C. The van der Waals surface area contributed by atoms with Gasteiger partial charge in [-0.2, -0.15) is 0 Å². The fourth-order valence-corrected chi connectivity index (χ4v) is 3.38. The second kappa shape index (κ2) is 7.21. The van der Waals surface area contributed by atoms with Crippen LogP contribution in [0.1, 0.15) is 26.3 Å². The molecular formula is C16H23N3O3S. The molecule has 1 aromatic rings. The van der Waals surface area contributed by atoms with E-state index in [4.69, 9.17) is 4.74 Å². The predicted molar refractivity (Wildman–Crippen MR) is 89.9 cm³/mol. The van der Waals surface area contributed by atoms with Gasteiger partial charge in [0.1, 0.15) is 11.6 Å². The molecule has 1 aromatic heterocycles. The molecule has 126 valence electrons. The predicted octanol–water partition coefficient (Wildman–Crippen LogP) is 2.35. The zero-order valence-electron chi connectivity index (χ0n) is 14.0. The standard InChI is InChI=1S/C16H23N3O3S/c1-16(2,3)22-15(21)19-11-23-10-13(19)14(20)18(4)9-12-5-7-17-8-6-12/h5-8,13H,9-11H2,1-4H3/t13-/m1/s1. The number of carbonyl (C=O) groups is 2. The van der Waals surface area contributed by atoms with Crippen molar-refractivity contribution in [2.24, 2.45) is 0 Å². The van der Waals surface area contributed by atoms with Crippen molar-refractivity contribution < 1.29 is 14.3 Å². The van der Waals surface area contributed by atoms with Crippen molar-refractivity contribution >= 4 is 23.8 Å². The minimum Gasteiger partial charge on any atom is -0.444 e. The Bertz CT molecular complexity index is 559. The van der Waals surface area contributed by atoms with E-state index in [1.807, 2.05) is 32.9 Å². The number of rotatable bonds is 3. The Morgan fingerprint density at radius 2 is 2.04 bits per heavy atom. The molecule has 0 unspecified atom stereocenters. The highest BCUT2D eigenvalue weighted by molar-refractivity contribution is 7.99. The third-order valence-electron chi connectivity index (χ3n) is 3.34. The van der Waals surface area contributed by atoms with Crippen LogP contribution in [0.25, 0.3) is 0 Å². The zero-order valence-corrected chi connectivity index (χ0v) is 14.8. The van der Waals surface area contributed by atoms with Gasteiger partial charge >= 0.3 is 6.09 Å². The molecular weight excluding hydrogens is 314 g/mol. The number of hydrogen-bond donors (Lipinski definition) is 0. The quantitative estimate of drug-likeness (QED) is 0.847. The van der Waals surface area contributed by atoms with Crippen LogP contribution in [0.4, 0.5) is 4.79 Å². The maximum absolute atomic E-state index is 12.7. The number of aromatic nitrogens is 1. The summed E-state index contributed by atoms with van der Waals surface area (Å²) in [6.07, 6.45) is 2.97. The van der Waals surface area contributed by atoms with E-state index in [0.717, 1.165) is 5.56 Å². The first-order valence-corrected chi connectivity index (χ1v) is 8.64. The van der Waals surface area contributed by atoms with Crippen LogP contribution < -0.4 is 0 Å². The number of thioether (sulfide) groups is 1. The van der Waals surface area contributed by atoms with Crippen LogP contribution in [-0.4, -0.2) is 57.1 Å². The third kappa shape index (κ3) is 4.86. The minimum absolute atomic E-state index is 0.0716. The first-order valence-electron chi connectivity index (χ1n) is 7.49. The van der Waals surface area contributed by atoms with Crippen LogP contribution in [0.5, 0.6) is 0 Å². The van der Waals surface area contributed by atoms with Gasteiger partial charge in [-0.25, -0.2) is 4.79 Å². The molecule has 7 heteroatoms. The Labute approximate surface area is 141 Å². The largest absolute Gasteiger partial charge is 0.444 e. The van der Waals surface area contributed by atoms with Crippen molar-refractivity contribution in [3.8, 4) is 0 Å². The van der Waals surface area contributed by atoms with E-state index in [9.17, 15) is 9.59 Å². The molecule has 0 radical (unpaired) electrons. The van der Waals surface area contributed by atoms with E-state index in [0.29, 0.717) is 18.2 Å². The molecule has 1 aliphatic heterocycles. The summed E-state index contributed by atoms with van der Waals surface area (Å²) >= 11 is 1.56. The molecule has 23 heavy (non-hydrogen) atoms. The molecule has 0 bridgehead atoms. The van der Waals surface area contributed by atoms with Gasteiger partial charge < -0.3 is 9.64 Å². The van der Waals surface area contributed by atoms with E-state index in [-0.39, 0.29) is 5.91 Å². The first-order chi connectivity index (χ1) is 10.8. The zero-order chi connectivity index (χ0) is 17.0. The van der Waals surface area contributed by atoms with Gasteiger partial charge in [-0.3, -0.25) is 14.7 Å². The molecule has 6 nitrogen and oxygen atoms in total. The van der Waals surface area contributed by atoms with Crippen LogP contribution in [0.2, 0.25) is 0 Å². The van der Waals surface area contributed by atoms with E-state index >= 15 is 0 Å². The topological polar surface area (TPSA) is 62.7 Å². The van der Waals surface area contributed by atoms with E-state index in [2.05, 4.69) is 4.98 Å². The maximum atomic E-state index is 12.7. The fraction of sp³-hybridized carbons (Fsp3) is 0.562. The van der Waals surface area contributed by atoms with Crippen molar-refractivity contribution in [3.05, 3.63) is 30.1 Å². The molecule has 0 spiro atoms. The number of carbonyl (C=O) groups excluding carboxylic acids is 2. The highest BCUT2D eigenvalue weighted by Gasteiger charge is 2.38. The van der Waals surface area contributed by atoms with Gasteiger partial charge in [0.2, 0.25) is 5.91 Å². The highest BCUT2D eigenvalue weighted by atomic mass is 32.2. The van der Waals surface area contributed by atoms with E-state index < -0.39 is 17.7 Å². The third-order valence-corrected chi connectivity index (χ3v) is 4.35. The Morgan fingerprint density at radius 1 is 1.39 bits per heavy atom. The number of ether oxygens (including phenoxy) is 1. The van der Waals surface area contributed by atoms with Gasteiger partial charge in [-0.1, -0.05) is 0 Å². The molecule has 0 aromatic carbocycles. The van der Waals surface area contributed by atoms with Gasteiger partial charge in [-0.15, -0.1) is 11.8 Å². The summed E-state index contributed by atoms with van der Waals surface area (Å²) in [5.74, 6) is 1.00. The summed E-state index contributed by atoms with van der Waals surface area (Å²) < 4.78 is 5.39. The molecule has 1 aliphatic rings. The molecule has 1 saturated heterocycles. The lowest BCUT2D eigenvalue weighted by atomic mass is 10.2. The van der Waals surface area contributed by atoms with Crippen LogP contribution in [0.15, 0.2) is 24.5 Å². The minimum atomic E-state index is -0.569. The number of amides is 2. The Morgan fingerprint density at radius 3 is 2.65 bits per heavy atom. The van der Waals surface area contributed by atoms with Gasteiger partial charge in [0.05, 0.1) is 5.88 Å². The summed E-state index contributed by atoms with van der Waals surface area (Å²) in [6.45, 7) is 5.95. The van der Waals surface area contributed by atoms with Gasteiger partial charge in [0.25, 0.3) is 0 Å². The van der Waals surface area contributed by atoms with Crippen LogP contribution >= 0.6 is 11.8 Å². The van der Waals surface area contributed by atoms with Gasteiger partial charge in [0, 0.05) is 31.7 Å². The van der Waals surface area contributed by atoms with E-state index in [1.54, 1.807) is 36.1 Å². The lowest BCUT2D eigenvalue weighted by Gasteiger charge is -2.29. The van der Waals surface area contributed by atoms with Crippen molar-refractivity contribution in [1.82, 2.24) is 14.8 Å². The van der Waals surface area contributed by atoms with E-state index in [1.165, 1.54) is 4.90 Å². The Hall–Kier alpha value is -1.76. The number of nitrogens with zero attached hydrogens (tertiary/aromatic N) is 3. The molecule has 2 rings (SSSR count). The fourth-order valence-electron chi connectivity index (χ4n) is 2.24. The molecule has 0 saturated carbocycles. The van der Waals surface area contributed by atoms with Crippen LogP contribution in [0.3, 0.4) is 0 Å². The summed E-state index contributed by atoms with van der Waals surface area (Å²) in [4.78, 5) is 32.1. The number of likely N-dealkylation sites (N-methyl/N-ethyl adjacent to an activating group) is 1. The summed E-state index contributed by atoms with van der Waals surface area (Å²) in [6, 6.07) is 3.28. The Kier molecular flexibility index (Phi) is 5.51. The van der Waals surface area contributed by atoms with Crippen LogP contribution in [-0.2, 0) is 16.1 Å². The molecule has 0 aliphatic carbocycles. The summed E-state index contributed by atoms with van der Waals surface area (Å²) in [5, 5.41) is 0. The van der Waals surface area contributed by atoms with Crippen molar-refractivity contribution in [1.29, 1.82) is 0 Å².